The van der Waals surface area contributed by atoms with E-state index in [1.165, 1.54) is 51.6 Å². The molecule has 0 radical (unpaired) electrons. The molecule has 5 rings (SSSR count). The van der Waals surface area contributed by atoms with Gasteiger partial charge < -0.3 is 5.73 Å². The van der Waals surface area contributed by atoms with Crippen molar-refractivity contribution in [2.75, 3.05) is 16.2 Å². The van der Waals surface area contributed by atoms with Crippen LogP contribution in [0.5, 0.6) is 0 Å². The number of nitrogens with one attached hydrogen (secondary N) is 3. The first-order valence-corrected chi connectivity index (χ1v) is 12.6. The summed E-state index contributed by atoms with van der Waals surface area (Å²) in [5, 5.41) is 35.6. The van der Waals surface area contributed by atoms with Crippen LogP contribution in [0.2, 0.25) is 0 Å². The van der Waals surface area contributed by atoms with E-state index < -0.39 is 0 Å². The van der Waals surface area contributed by atoms with Crippen molar-refractivity contribution in [3.63, 3.8) is 0 Å². The van der Waals surface area contributed by atoms with Gasteiger partial charge in [0.15, 0.2) is 52.2 Å². The molecule has 4 aromatic heterocycles. The predicted octanol–water partition coefficient (Wildman–Crippen LogP) is 2.00. The van der Waals surface area contributed by atoms with E-state index in [0.717, 1.165) is 0 Å². The first-order chi connectivity index (χ1) is 20.0. The summed E-state index contributed by atoms with van der Waals surface area (Å²) in [5.74, 6) is 1.20. The zero-order valence-corrected chi connectivity index (χ0v) is 23.6. The highest BCUT2D eigenvalue weighted by atomic mass is 16.1. The van der Waals surface area contributed by atoms with Gasteiger partial charge in [-0.25, -0.2) is 25.1 Å². The van der Waals surface area contributed by atoms with E-state index in [1.54, 1.807) is 27.1 Å². The summed E-state index contributed by atoms with van der Waals surface area (Å²) in [6.07, 6.45) is 4.20. The number of Topliss-reactive ketones (excluding diaryl/α,β-unsaturated/α-hetero) is 2. The second-order valence-electron chi connectivity index (χ2n) is 9.46. The van der Waals surface area contributed by atoms with Gasteiger partial charge in [-0.1, -0.05) is 0 Å². The number of nitrogens with two attached hydrogens (primary N) is 1. The summed E-state index contributed by atoms with van der Waals surface area (Å²) in [4.78, 5) is 32.4. The molecule has 18 heteroatoms. The van der Waals surface area contributed by atoms with Crippen LogP contribution in [0.25, 0.3) is 5.82 Å². The second-order valence-corrected chi connectivity index (χ2v) is 9.46. The van der Waals surface area contributed by atoms with E-state index in [0.29, 0.717) is 51.5 Å². The number of carbonyl (C=O) groups is 2. The Morgan fingerprint density at radius 1 is 1.05 bits per heavy atom. The lowest BCUT2D eigenvalue weighted by Crippen LogP contribution is -2.37. The Bertz CT molecular complexity index is 1790. The fraction of sp³-hybridized carbons (Fsp3) is 0.292. The molecule has 4 aromatic rings. The average molecular weight is 573 g/mol. The summed E-state index contributed by atoms with van der Waals surface area (Å²) in [7, 11) is 3.34. The smallest absolute Gasteiger partial charge is 0.183 e. The number of hydrazine groups is 1. The van der Waals surface area contributed by atoms with Gasteiger partial charge in [-0.05, 0) is 27.7 Å². The van der Waals surface area contributed by atoms with Crippen molar-refractivity contribution in [3.05, 3.63) is 41.6 Å². The molecule has 5 N–H and O–H groups in total. The third-order valence-electron chi connectivity index (χ3n) is 6.48. The maximum absolute atomic E-state index is 11.9. The Kier molecular flexibility index (Phi) is 7.13. The van der Waals surface area contributed by atoms with Crippen molar-refractivity contribution in [1.29, 1.82) is 5.41 Å². The molecule has 0 saturated carbocycles. The van der Waals surface area contributed by atoms with Gasteiger partial charge in [-0.2, -0.15) is 25.1 Å². The van der Waals surface area contributed by atoms with Gasteiger partial charge in [0.1, 0.15) is 12.0 Å². The first kappa shape index (κ1) is 27.9. The SMILES string of the molecule is CC(=O)c1cnn(C)c1N=Nc1c(C)nn(-c2cc(N3NC(C)/C(=N/Nc4c(C(C)=O)cnn4C)C3=N)ncn2)c1N. The lowest BCUT2D eigenvalue weighted by Gasteiger charge is -2.17. The molecule has 0 amide bonds. The molecule has 5 heterocycles. The van der Waals surface area contributed by atoms with Crippen molar-refractivity contribution < 1.29 is 9.59 Å². The third-order valence-corrected chi connectivity index (χ3v) is 6.48. The Morgan fingerprint density at radius 3 is 2.43 bits per heavy atom. The number of nitrogen functional groups attached to an aromatic ring is 1. The molecule has 1 aliphatic heterocycles. The Labute approximate surface area is 238 Å². The maximum atomic E-state index is 11.9. The highest BCUT2D eigenvalue weighted by molar-refractivity contribution is 6.48. The number of hydrogen-bond donors (Lipinski definition) is 4. The van der Waals surface area contributed by atoms with Gasteiger partial charge >= 0.3 is 0 Å². The molecule has 216 valence electrons. The monoisotopic (exact) mass is 572 g/mol. The largest absolute Gasteiger partial charge is 0.382 e. The highest BCUT2D eigenvalue weighted by Gasteiger charge is 2.33. The normalized spacial score (nSPS) is 16.2. The number of amidine groups is 1. The molecule has 1 atom stereocenters. The van der Waals surface area contributed by atoms with E-state index in [2.05, 4.69) is 51.4 Å². The van der Waals surface area contributed by atoms with Crippen LogP contribution in [0.15, 0.2) is 40.1 Å². The number of azo groups is 1. The quantitative estimate of drug-likeness (QED) is 0.135. The molecule has 0 spiro atoms. The van der Waals surface area contributed by atoms with Gasteiger partial charge in [0.25, 0.3) is 0 Å². The van der Waals surface area contributed by atoms with Crippen LogP contribution in [0.4, 0.5) is 29.0 Å². The molecule has 42 heavy (non-hydrogen) atoms. The van der Waals surface area contributed by atoms with Crippen LogP contribution in [-0.2, 0) is 14.1 Å². The van der Waals surface area contributed by atoms with Crippen LogP contribution < -0.4 is 21.6 Å². The van der Waals surface area contributed by atoms with Crippen molar-refractivity contribution in [2.45, 2.75) is 33.7 Å². The molecule has 1 unspecified atom stereocenters. The standard InChI is InChI=1S/C24H28N16O2/c1-11-19(31-33-23-15(13(3)41)8-29-37(23)5)21(25)39(35-11)17-7-18(28-10-27-17)40-22(26)20(12(2)36-40)32-34-24-16(14(4)42)9-30-38(24)6/h7-11,25,33,35H,26H2,1-6H3/b25-21?,31-19-,34-32?. The first-order valence-electron chi connectivity index (χ1n) is 12.6. The lowest BCUT2D eigenvalue weighted by molar-refractivity contribution is 0.101. The minimum atomic E-state index is -0.367. The fourth-order valence-corrected chi connectivity index (χ4v) is 4.22. The maximum Gasteiger partial charge on any atom is 0.183 e. The molecule has 1 fully saturated rings. The van der Waals surface area contributed by atoms with Gasteiger partial charge in [0.05, 0.1) is 35.3 Å². The number of hydrogen-bond acceptors (Lipinski definition) is 14. The fourth-order valence-electron chi connectivity index (χ4n) is 4.22. The summed E-state index contributed by atoms with van der Waals surface area (Å²) < 4.78 is 4.32. The summed E-state index contributed by atoms with van der Waals surface area (Å²) in [6, 6.07) is 1.23. The summed E-state index contributed by atoms with van der Waals surface area (Å²) >= 11 is 0. The number of aromatic nitrogens is 8. The molecule has 18 nitrogen and oxygen atoms in total. The van der Waals surface area contributed by atoms with Gasteiger partial charge in [-0.15, -0.1) is 10.2 Å². The molecular formula is C24H28N16O2. The Hall–Kier alpha value is -5.65. The van der Waals surface area contributed by atoms with Crippen LogP contribution in [0.3, 0.4) is 0 Å². The Balaban J connectivity index is 1.41. The summed E-state index contributed by atoms with van der Waals surface area (Å²) in [6.45, 7) is 6.41. The zero-order valence-electron chi connectivity index (χ0n) is 23.6. The van der Waals surface area contributed by atoms with Crippen LogP contribution >= 0.6 is 0 Å². The number of hydrazone groups is 1. The topological polar surface area (TPSA) is 228 Å². The predicted molar refractivity (Wildman–Crippen MR) is 153 cm³/mol. The molecule has 0 aromatic carbocycles. The molecule has 1 saturated heterocycles. The van der Waals surface area contributed by atoms with E-state index in [4.69, 9.17) is 11.1 Å². The van der Waals surface area contributed by atoms with E-state index in [1.807, 2.05) is 6.92 Å². The minimum absolute atomic E-state index is 0.0303. The molecule has 0 aliphatic carbocycles. The minimum Gasteiger partial charge on any atom is -0.382 e. The number of aryl methyl sites for hydroxylation is 3. The van der Waals surface area contributed by atoms with Crippen LogP contribution in [-0.4, -0.2) is 68.5 Å². The Morgan fingerprint density at radius 2 is 1.71 bits per heavy atom. The average Bonchev–Trinajstić information content (AvgIpc) is 3.66. The van der Waals surface area contributed by atoms with Crippen molar-refractivity contribution in [2.24, 2.45) is 29.4 Å². The number of nitrogens with zero attached hydrogens (tertiary/aromatic N) is 12. The van der Waals surface area contributed by atoms with Crippen LogP contribution in [0, 0.1) is 12.3 Å². The van der Waals surface area contributed by atoms with Crippen molar-refractivity contribution in [3.8, 4) is 5.82 Å². The number of ketones is 2. The molecular weight excluding hydrogens is 544 g/mol. The van der Waals surface area contributed by atoms with Gasteiger partial charge in [0, 0.05) is 20.2 Å². The molecule has 0 bridgehead atoms. The highest BCUT2D eigenvalue weighted by Crippen LogP contribution is 2.31. The van der Waals surface area contributed by atoms with E-state index >= 15 is 0 Å². The second kappa shape index (κ2) is 10.7. The number of rotatable bonds is 8. The van der Waals surface area contributed by atoms with Crippen molar-refractivity contribution in [1.82, 2.24) is 44.7 Å². The van der Waals surface area contributed by atoms with Crippen molar-refractivity contribution >= 4 is 52.1 Å². The van der Waals surface area contributed by atoms with E-state index in [9.17, 15) is 9.59 Å². The zero-order chi connectivity index (χ0) is 30.3. The number of carbonyl (C=O) groups excluding carboxylic acids is 2. The summed E-state index contributed by atoms with van der Waals surface area (Å²) in [5.41, 5.74) is 14.3. The number of anilines is 3. The lowest BCUT2D eigenvalue weighted by atomic mass is 10.2. The van der Waals surface area contributed by atoms with Gasteiger partial charge in [0.2, 0.25) is 0 Å². The van der Waals surface area contributed by atoms with E-state index in [-0.39, 0.29) is 29.3 Å². The third kappa shape index (κ3) is 4.89. The van der Waals surface area contributed by atoms with Crippen LogP contribution in [0.1, 0.15) is 47.2 Å². The van der Waals surface area contributed by atoms with Gasteiger partial charge in [-0.3, -0.25) is 25.1 Å². The molecule has 1 aliphatic rings.